The number of sulfone groups is 1. The van der Waals surface area contributed by atoms with Gasteiger partial charge in [-0.05, 0) is 18.5 Å². The van der Waals surface area contributed by atoms with Crippen LogP contribution in [-0.2, 0) is 16.4 Å². The summed E-state index contributed by atoms with van der Waals surface area (Å²) in [6.45, 7) is 8.56. The standard InChI is InChI=1S/C14H25NO2SSi/c1-18(16,17)11-5-10-15-12-13-6-8-14(9-7-13)19(2,3)4/h6-9,15H,5,10-12H2,1-4H3. The second-order valence-electron chi connectivity index (χ2n) is 6.11. The first-order chi connectivity index (χ1) is 8.68. The molecule has 1 aromatic carbocycles. The van der Waals surface area contributed by atoms with Crippen LogP contribution in [0.3, 0.4) is 0 Å². The Balaban J connectivity index is 2.35. The van der Waals surface area contributed by atoms with Gasteiger partial charge in [-0.1, -0.05) is 49.1 Å². The first kappa shape index (κ1) is 16.4. The van der Waals surface area contributed by atoms with E-state index < -0.39 is 17.9 Å². The molecular formula is C14H25NO2SSi. The van der Waals surface area contributed by atoms with Crippen LogP contribution in [0.15, 0.2) is 24.3 Å². The minimum atomic E-state index is -2.83. The van der Waals surface area contributed by atoms with E-state index in [4.69, 9.17) is 0 Å². The highest BCUT2D eigenvalue weighted by Crippen LogP contribution is 2.04. The van der Waals surface area contributed by atoms with E-state index in [1.807, 2.05) is 0 Å². The smallest absolute Gasteiger partial charge is 0.147 e. The van der Waals surface area contributed by atoms with E-state index in [1.165, 1.54) is 17.0 Å². The van der Waals surface area contributed by atoms with E-state index >= 15 is 0 Å². The molecule has 0 radical (unpaired) electrons. The molecule has 0 amide bonds. The van der Waals surface area contributed by atoms with E-state index in [-0.39, 0.29) is 5.75 Å². The molecule has 0 saturated heterocycles. The van der Waals surface area contributed by atoms with Crippen molar-refractivity contribution < 1.29 is 8.42 Å². The summed E-state index contributed by atoms with van der Waals surface area (Å²) in [5, 5.41) is 4.75. The van der Waals surface area contributed by atoms with Crippen molar-refractivity contribution >= 4 is 23.1 Å². The van der Waals surface area contributed by atoms with Crippen LogP contribution in [0.25, 0.3) is 0 Å². The Labute approximate surface area is 118 Å². The molecule has 1 N–H and O–H groups in total. The molecule has 1 rings (SSSR count). The second kappa shape index (κ2) is 6.68. The van der Waals surface area contributed by atoms with Crippen molar-refractivity contribution in [2.24, 2.45) is 0 Å². The summed E-state index contributed by atoms with van der Waals surface area (Å²) in [5.41, 5.74) is 1.25. The summed E-state index contributed by atoms with van der Waals surface area (Å²) in [6, 6.07) is 8.77. The van der Waals surface area contributed by atoms with Crippen molar-refractivity contribution in [3.8, 4) is 0 Å². The quantitative estimate of drug-likeness (QED) is 0.616. The number of hydrogen-bond acceptors (Lipinski definition) is 3. The molecule has 0 atom stereocenters. The molecule has 0 aliphatic heterocycles. The highest BCUT2D eigenvalue weighted by molar-refractivity contribution is 7.90. The van der Waals surface area contributed by atoms with Crippen LogP contribution in [0.4, 0.5) is 0 Å². The van der Waals surface area contributed by atoms with Crippen molar-refractivity contribution in [1.82, 2.24) is 5.32 Å². The summed E-state index contributed by atoms with van der Waals surface area (Å²) < 4.78 is 21.9. The van der Waals surface area contributed by atoms with Crippen LogP contribution in [0.2, 0.25) is 19.6 Å². The average molecular weight is 300 g/mol. The van der Waals surface area contributed by atoms with Gasteiger partial charge < -0.3 is 5.32 Å². The van der Waals surface area contributed by atoms with Crippen LogP contribution in [0, 0.1) is 0 Å². The van der Waals surface area contributed by atoms with Gasteiger partial charge in [-0.15, -0.1) is 0 Å². The molecule has 19 heavy (non-hydrogen) atoms. The monoisotopic (exact) mass is 299 g/mol. The third kappa shape index (κ3) is 6.89. The molecule has 0 fully saturated rings. The number of hydrogen-bond donors (Lipinski definition) is 1. The first-order valence-electron chi connectivity index (χ1n) is 6.66. The Bertz CT molecular complexity index is 489. The lowest BCUT2D eigenvalue weighted by molar-refractivity contribution is 0.594. The van der Waals surface area contributed by atoms with Crippen LogP contribution in [0.1, 0.15) is 12.0 Å². The highest BCUT2D eigenvalue weighted by atomic mass is 32.2. The molecule has 5 heteroatoms. The van der Waals surface area contributed by atoms with Gasteiger partial charge in [-0.25, -0.2) is 8.42 Å². The van der Waals surface area contributed by atoms with Crippen molar-refractivity contribution in [2.45, 2.75) is 32.6 Å². The van der Waals surface area contributed by atoms with E-state index in [2.05, 4.69) is 49.2 Å². The normalized spacial score (nSPS) is 12.6. The molecule has 0 heterocycles. The third-order valence-corrected chi connectivity index (χ3v) is 6.11. The van der Waals surface area contributed by atoms with Gasteiger partial charge in [-0.3, -0.25) is 0 Å². The summed E-state index contributed by atoms with van der Waals surface area (Å²) in [7, 11) is -4.03. The van der Waals surface area contributed by atoms with Crippen molar-refractivity contribution in [2.75, 3.05) is 18.6 Å². The highest BCUT2D eigenvalue weighted by Gasteiger charge is 2.15. The predicted molar refractivity (Wildman–Crippen MR) is 85.5 cm³/mol. The molecule has 0 spiro atoms. The van der Waals surface area contributed by atoms with Gasteiger partial charge in [0.25, 0.3) is 0 Å². The Morgan fingerprint density at radius 2 is 1.68 bits per heavy atom. The fraction of sp³-hybridized carbons (Fsp3) is 0.571. The van der Waals surface area contributed by atoms with Gasteiger partial charge in [0.15, 0.2) is 0 Å². The maximum atomic E-state index is 11.0. The van der Waals surface area contributed by atoms with Gasteiger partial charge in [0.2, 0.25) is 0 Å². The van der Waals surface area contributed by atoms with E-state index in [0.717, 1.165) is 13.1 Å². The zero-order valence-corrected chi connectivity index (χ0v) is 14.2. The van der Waals surface area contributed by atoms with Crippen LogP contribution in [-0.4, -0.2) is 35.0 Å². The molecule has 108 valence electrons. The van der Waals surface area contributed by atoms with Gasteiger partial charge in [-0.2, -0.15) is 0 Å². The Morgan fingerprint density at radius 3 is 2.16 bits per heavy atom. The Hall–Kier alpha value is -0.653. The van der Waals surface area contributed by atoms with Crippen LogP contribution >= 0.6 is 0 Å². The lowest BCUT2D eigenvalue weighted by Gasteiger charge is -2.16. The van der Waals surface area contributed by atoms with Crippen molar-refractivity contribution in [3.63, 3.8) is 0 Å². The largest absolute Gasteiger partial charge is 0.313 e. The molecule has 0 unspecified atom stereocenters. The zero-order chi connectivity index (χ0) is 14.5. The fourth-order valence-corrected chi connectivity index (χ4v) is 3.65. The summed E-state index contributed by atoms with van der Waals surface area (Å²) in [6.07, 6.45) is 1.95. The Kier molecular flexibility index (Phi) is 5.76. The number of rotatable bonds is 7. The molecule has 1 aromatic rings. The second-order valence-corrected chi connectivity index (χ2v) is 13.4. The van der Waals surface area contributed by atoms with Gasteiger partial charge >= 0.3 is 0 Å². The van der Waals surface area contributed by atoms with E-state index in [9.17, 15) is 8.42 Å². The maximum Gasteiger partial charge on any atom is 0.147 e. The predicted octanol–water partition coefficient (Wildman–Crippen LogP) is 1.76. The van der Waals surface area contributed by atoms with Gasteiger partial charge in [0.1, 0.15) is 9.84 Å². The molecule has 0 bridgehead atoms. The lowest BCUT2D eigenvalue weighted by Crippen LogP contribution is -2.37. The zero-order valence-electron chi connectivity index (χ0n) is 12.4. The topological polar surface area (TPSA) is 46.2 Å². The van der Waals surface area contributed by atoms with E-state index in [0.29, 0.717) is 6.42 Å². The minimum Gasteiger partial charge on any atom is -0.313 e. The summed E-state index contributed by atoms with van der Waals surface area (Å²) >= 11 is 0. The van der Waals surface area contributed by atoms with Crippen molar-refractivity contribution in [1.29, 1.82) is 0 Å². The molecule has 0 aliphatic carbocycles. The Morgan fingerprint density at radius 1 is 1.11 bits per heavy atom. The minimum absolute atomic E-state index is 0.258. The number of benzene rings is 1. The van der Waals surface area contributed by atoms with Gasteiger partial charge in [0.05, 0.1) is 13.8 Å². The van der Waals surface area contributed by atoms with Gasteiger partial charge in [0, 0.05) is 12.8 Å². The SMILES string of the molecule is C[Si](C)(C)c1ccc(CNCCCS(C)(=O)=O)cc1. The van der Waals surface area contributed by atoms with Crippen LogP contribution in [0.5, 0.6) is 0 Å². The third-order valence-electron chi connectivity index (χ3n) is 3.02. The van der Waals surface area contributed by atoms with Crippen molar-refractivity contribution in [3.05, 3.63) is 29.8 Å². The number of nitrogens with one attached hydrogen (secondary N) is 1. The van der Waals surface area contributed by atoms with Crippen LogP contribution < -0.4 is 10.5 Å². The molecular weight excluding hydrogens is 274 g/mol. The molecule has 0 aromatic heterocycles. The molecule has 0 aliphatic rings. The first-order valence-corrected chi connectivity index (χ1v) is 12.2. The average Bonchev–Trinajstić information content (AvgIpc) is 2.26. The molecule has 3 nitrogen and oxygen atoms in total. The van der Waals surface area contributed by atoms with E-state index in [1.54, 1.807) is 0 Å². The summed E-state index contributed by atoms with van der Waals surface area (Å²) in [4.78, 5) is 0. The summed E-state index contributed by atoms with van der Waals surface area (Å²) in [5.74, 6) is 0.258. The lowest BCUT2D eigenvalue weighted by atomic mass is 10.2. The maximum absolute atomic E-state index is 11.0. The fourth-order valence-electron chi connectivity index (χ4n) is 1.81. The molecule has 0 saturated carbocycles.